The van der Waals surface area contributed by atoms with E-state index >= 15 is 0 Å². The summed E-state index contributed by atoms with van der Waals surface area (Å²) >= 11 is 2.19. The van der Waals surface area contributed by atoms with E-state index in [9.17, 15) is 14.7 Å². The van der Waals surface area contributed by atoms with E-state index in [2.05, 4.69) is 27.9 Å². The second-order valence-corrected chi connectivity index (χ2v) is 9.60. The molecule has 0 aliphatic carbocycles. The van der Waals surface area contributed by atoms with Crippen LogP contribution in [0.25, 0.3) is 0 Å². The van der Waals surface area contributed by atoms with Crippen LogP contribution in [0, 0.1) is 3.57 Å². The molecule has 0 aromatic heterocycles. The highest BCUT2D eigenvalue weighted by atomic mass is 127. The zero-order valence-electron chi connectivity index (χ0n) is 19.1. The maximum absolute atomic E-state index is 13.6. The standard InChI is InChI=1S/C30H26INO3/c31-26-19-11-10-12-22(26)20-27(29(34)35)32-28(33)21-30(23-13-4-1-5-14-23,24-15-6-2-7-16-24)25-17-8-3-9-18-25/h1-19,27H,20-21H2,(H,32,33)(H,34,35)/t27-/m0/s1. The number of rotatable bonds is 9. The average Bonchev–Trinajstić information content (AvgIpc) is 2.89. The Balaban J connectivity index is 1.74. The van der Waals surface area contributed by atoms with Crippen LogP contribution in [0.5, 0.6) is 0 Å². The number of carboxylic acid groups (broad SMARTS) is 1. The van der Waals surface area contributed by atoms with Gasteiger partial charge in [-0.3, -0.25) is 4.79 Å². The highest BCUT2D eigenvalue weighted by Gasteiger charge is 2.39. The molecule has 176 valence electrons. The molecule has 4 aromatic carbocycles. The van der Waals surface area contributed by atoms with E-state index in [1.165, 1.54) is 0 Å². The van der Waals surface area contributed by atoms with Gasteiger partial charge in [-0.15, -0.1) is 0 Å². The second-order valence-electron chi connectivity index (χ2n) is 8.43. The molecule has 1 atom stereocenters. The van der Waals surface area contributed by atoms with Crippen molar-refractivity contribution < 1.29 is 14.7 Å². The first-order chi connectivity index (χ1) is 17.0. The van der Waals surface area contributed by atoms with Crippen LogP contribution in [0.15, 0.2) is 115 Å². The van der Waals surface area contributed by atoms with Gasteiger partial charge in [-0.25, -0.2) is 4.79 Å². The lowest BCUT2D eigenvalue weighted by atomic mass is 9.67. The summed E-state index contributed by atoms with van der Waals surface area (Å²) in [6, 6.07) is 36.4. The molecular formula is C30H26INO3. The molecule has 0 saturated heterocycles. The van der Waals surface area contributed by atoms with Gasteiger partial charge < -0.3 is 10.4 Å². The Bertz CT molecular complexity index is 1180. The van der Waals surface area contributed by atoms with Crippen LogP contribution < -0.4 is 5.32 Å². The third kappa shape index (κ3) is 5.62. The lowest BCUT2D eigenvalue weighted by Gasteiger charge is -2.36. The quantitative estimate of drug-likeness (QED) is 0.195. The van der Waals surface area contributed by atoms with Crippen molar-refractivity contribution in [2.24, 2.45) is 0 Å². The maximum Gasteiger partial charge on any atom is 0.326 e. The molecule has 0 saturated carbocycles. The fourth-order valence-electron chi connectivity index (χ4n) is 4.54. The van der Waals surface area contributed by atoms with Gasteiger partial charge in [0.1, 0.15) is 6.04 Å². The Kier molecular flexibility index (Phi) is 7.98. The van der Waals surface area contributed by atoms with Crippen molar-refractivity contribution in [3.63, 3.8) is 0 Å². The van der Waals surface area contributed by atoms with Gasteiger partial charge in [-0.1, -0.05) is 109 Å². The van der Waals surface area contributed by atoms with Crippen molar-refractivity contribution in [3.8, 4) is 0 Å². The monoisotopic (exact) mass is 575 g/mol. The summed E-state index contributed by atoms with van der Waals surface area (Å²) in [5.41, 5.74) is 3.02. The summed E-state index contributed by atoms with van der Waals surface area (Å²) in [7, 11) is 0. The molecule has 0 unspecified atom stereocenters. The van der Waals surface area contributed by atoms with E-state index in [-0.39, 0.29) is 18.7 Å². The molecule has 1 amide bonds. The first kappa shape index (κ1) is 24.7. The van der Waals surface area contributed by atoms with Gasteiger partial charge in [0.15, 0.2) is 0 Å². The molecule has 0 fully saturated rings. The smallest absolute Gasteiger partial charge is 0.326 e. The lowest BCUT2D eigenvalue weighted by molar-refractivity contribution is -0.141. The molecular weight excluding hydrogens is 549 g/mol. The summed E-state index contributed by atoms with van der Waals surface area (Å²) in [6.45, 7) is 0. The Morgan fingerprint density at radius 1 is 0.714 bits per heavy atom. The van der Waals surface area contributed by atoms with E-state index in [0.29, 0.717) is 0 Å². The molecule has 35 heavy (non-hydrogen) atoms. The number of amides is 1. The number of halogens is 1. The third-order valence-electron chi connectivity index (χ3n) is 6.24. The maximum atomic E-state index is 13.6. The number of carbonyl (C=O) groups excluding carboxylic acids is 1. The predicted molar refractivity (Wildman–Crippen MR) is 146 cm³/mol. The highest BCUT2D eigenvalue weighted by Crippen LogP contribution is 2.42. The van der Waals surface area contributed by atoms with Gasteiger partial charge >= 0.3 is 5.97 Å². The van der Waals surface area contributed by atoms with Gasteiger partial charge in [-0.2, -0.15) is 0 Å². The molecule has 4 nitrogen and oxygen atoms in total. The van der Waals surface area contributed by atoms with Crippen molar-refractivity contribution in [2.75, 3.05) is 0 Å². The van der Waals surface area contributed by atoms with Crippen molar-refractivity contribution in [1.82, 2.24) is 5.32 Å². The average molecular weight is 575 g/mol. The zero-order chi connectivity index (χ0) is 24.7. The van der Waals surface area contributed by atoms with E-state index in [1.54, 1.807) is 0 Å². The predicted octanol–water partition coefficient (Wildman–Crippen LogP) is 5.83. The first-order valence-electron chi connectivity index (χ1n) is 11.4. The second kappa shape index (κ2) is 11.3. The number of nitrogens with one attached hydrogen (secondary N) is 1. The van der Waals surface area contributed by atoms with Crippen LogP contribution in [0.2, 0.25) is 0 Å². The molecule has 0 aliphatic heterocycles. The molecule has 0 heterocycles. The molecule has 4 aromatic rings. The highest BCUT2D eigenvalue weighted by molar-refractivity contribution is 14.1. The van der Waals surface area contributed by atoms with Crippen LogP contribution in [0.4, 0.5) is 0 Å². The summed E-state index contributed by atoms with van der Waals surface area (Å²) in [6.07, 6.45) is 0.288. The molecule has 0 bridgehead atoms. The number of hydrogen-bond donors (Lipinski definition) is 2. The minimum absolute atomic E-state index is 0.0701. The van der Waals surface area contributed by atoms with Crippen LogP contribution in [-0.4, -0.2) is 23.0 Å². The summed E-state index contributed by atoms with van der Waals surface area (Å²) in [4.78, 5) is 25.7. The minimum atomic E-state index is -1.05. The van der Waals surface area contributed by atoms with Crippen LogP contribution in [-0.2, 0) is 21.4 Å². The van der Waals surface area contributed by atoms with Crippen molar-refractivity contribution >= 4 is 34.5 Å². The summed E-state index contributed by atoms with van der Waals surface area (Å²) in [5.74, 6) is -1.37. The Morgan fingerprint density at radius 3 is 1.57 bits per heavy atom. The van der Waals surface area contributed by atoms with Crippen molar-refractivity contribution in [3.05, 3.63) is 141 Å². The van der Waals surface area contributed by atoms with Gasteiger partial charge in [-0.05, 0) is 50.9 Å². The normalized spacial score (nSPS) is 12.0. The number of aliphatic carboxylic acids is 1. The Morgan fingerprint density at radius 2 is 1.14 bits per heavy atom. The SMILES string of the molecule is O=C(CC(c1ccccc1)(c1ccccc1)c1ccccc1)N[C@@H](Cc1ccccc1I)C(=O)O. The topological polar surface area (TPSA) is 66.4 Å². The summed E-state index contributed by atoms with van der Waals surface area (Å²) < 4.78 is 0.970. The molecule has 4 rings (SSSR count). The number of benzene rings is 4. The summed E-state index contributed by atoms with van der Waals surface area (Å²) in [5, 5.41) is 12.7. The van der Waals surface area contributed by atoms with Crippen molar-refractivity contribution in [1.29, 1.82) is 0 Å². The lowest BCUT2D eigenvalue weighted by Crippen LogP contribution is -2.45. The number of carboxylic acids is 1. The molecule has 5 heteroatoms. The minimum Gasteiger partial charge on any atom is -0.480 e. The van der Waals surface area contributed by atoms with Gasteiger partial charge in [0.2, 0.25) is 5.91 Å². The van der Waals surface area contributed by atoms with Crippen LogP contribution in [0.3, 0.4) is 0 Å². The third-order valence-corrected chi connectivity index (χ3v) is 7.29. The van der Waals surface area contributed by atoms with Gasteiger partial charge in [0.25, 0.3) is 0 Å². The van der Waals surface area contributed by atoms with E-state index < -0.39 is 17.4 Å². The van der Waals surface area contributed by atoms with E-state index in [0.717, 1.165) is 25.8 Å². The Hall–Kier alpha value is -3.45. The number of carbonyl (C=O) groups is 2. The molecule has 0 radical (unpaired) electrons. The zero-order valence-corrected chi connectivity index (χ0v) is 21.3. The fraction of sp³-hybridized carbons (Fsp3) is 0.133. The van der Waals surface area contributed by atoms with E-state index in [1.807, 2.05) is 115 Å². The fourth-order valence-corrected chi connectivity index (χ4v) is 5.15. The molecule has 0 aliphatic rings. The van der Waals surface area contributed by atoms with Gasteiger partial charge in [0.05, 0.1) is 5.41 Å². The molecule has 2 N–H and O–H groups in total. The van der Waals surface area contributed by atoms with E-state index in [4.69, 9.17) is 0 Å². The van der Waals surface area contributed by atoms with Crippen LogP contribution >= 0.6 is 22.6 Å². The van der Waals surface area contributed by atoms with Crippen LogP contribution in [0.1, 0.15) is 28.7 Å². The molecule has 0 spiro atoms. The number of hydrogen-bond acceptors (Lipinski definition) is 2. The largest absolute Gasteiger partial charge is 0.480 e. The Labute approximate surface area is 219 Å². The first-order valence-corrected chi connectivity index (χ1v) is 12.5. The van der Waals surface area contributed by atoms with Crippen molar-refractivity contribution in [2.45, 2.75) is 24.3 Å². The van der Waals surface area contributed by atoms with Gasteiger partial charge in [0, 0.05) is 16.4 Å².